The first-order valence-corrected chi connectivity index (χ1v) is 9.11. The van der Waals surface area contributed by atoms with Gasteiger partial charge in [-0.15, -0.1) is 12.4 Å². The van der Waals surface area contributed by atoms with Crippen LogP contribution >= 0.6 is 35.6 Å². The lowest BCUT2D eigenvalue weighted by atomic mass is 9.96. The van der Waals surface area contributed by atoms with Gasteiger partial charge < -0.3 is 16.0 Å². The van der Waals surface area contributed by atoms with Crippen molar-refractivity contribution in [2.24, 2.45) is 5.92 Å². The van der Waals surface area contributed by atoms with Crippen LogP contribution in [0.5, 0.6) is 0 Å². The summed E-state index contributed by atoms with van der Waals surface area (Å²) in [5.74, 6) is -0.565. The Morgan fingerprint density at radius 2 is 1.85 bits per heavy atom. The summed E-state index contributed by atoms with van der Waals surface area (Å²) in [6, 6.07) is 11.9. The van der Waals surface area contributed by atoms with Gasteiger partial charge >= 0.3 is 0 Å². The molecule has 2 amide bonds. The highest BCUT2D eigenvalue weighted by Crippen LogP contribution is 2.26. The molecule has 1 atom stereocenters. The molecule has 0 spiro atoms. The van der Waals surface area contributed by atoms with E-state index in [-0.39, 0.29) is 30.1 Å². The zero-order chi connectivity index (χ0) is 18.7. The number of nitrogens with one attached hydrogen (secondary N) is 1. The van der Waals surface area contributed by atoms with Gasteiger partial charge in [0.15, 0.2) is 0 Å². The van der Waals surface area contributed by atoms with E-state index in [4.69, 9.17) is 28.9 Å². The van der Waals surface area contributed by atoms with Gasteiger partial charge in [-0.05, 0) is 43.2 Å². The van der Waals surface area contributed by atoms with Crippen LogP contribution < -0.4 is 11.1 Å². The molecule has 0 aliphatic carbocycles. The standard InChI is InChI=1S/C19H19Cl2N3O2.ClH/c20-14-8-7-12(10-15(14)21)19(26)24-9-3-4-13(11-24)18(25)23-17-6-2-1-5-16(17)22;/h1-2,5-8,10,13H,3-4,9,11,22H2,(H,23,25);1H. The van der Waals surface area contributed by atoms with E-state index in [0.29, 0.717) is 40.1 Å². The molecule has 1 aliphatic heterocycles. The number of halogens is 3. The fourth-order valence-corrected chi connectivity index (χ4v) is 3.33. The average Bonchev–Trinajstić information content (AvgIpc) is 2.65. The Morgan fingerprint density at radius 3 is 2.56 bits per heavy atom. The first kappa shape index (κ1) is 21.4. The Hall–Kier alpha value is -1.95. The number of nitrogen functional groups attached to an aromatic ring is 1. The summed E-state index contributed by atoms with van der Waals surface area (Å²) in [7, 11) is 0. The highest BCUT2D eigenvalue weighted by molar-refractivity contribution is 6.42. The molecule has 1 heterocycles. The fourth-order valence-electron chi connectivity index (χ4n) is 3.03. The van der Waals surface area contributed by atoms with Crippen LogP contribution in [0, 0.1) is 5.92 Å². The second kappa shape index (κ2) is 9.31. The van der Waals surface area contributed by atoms with Crippen molar-refractivity contribution < 1.29 is 9.59 Å². The van der Waals surface area contributed by atoms with E-state index in [1.54, 1.807) is 35.2 Å². The Bertz CT molecular complexity index is 845. The second-order valence-corrected chi connectivity index (χ2v) is 7.11. The van der Waals surface area contributed by atoms with Crippen molar-refractivity contribution in [1.29, 1.82) is 0 Å². The summed E-state index contributed by atoms with van der Waals surface area (Å²) in [4.78, 5) is 27.0. The Kier molecular flexibility index (Phi) is 7.36. The molecule has 3 N–H and O–H groups in total. The Labute approximate surface area is 174 Å². The highest BCUT2D eigenvalue weighted by Gasteiger charge is 2.29. The highest BCUT2D eigenvalue weighted by atomic mass is 35.5. The van der Waals surface area contributed by atoms with E-state index in [2.05, 4.69) is 5.32 Å². The van der Waals surface area contributed by atoms with E-state index in [9.17, 15) is 9.59 Å². The number of anilines is 2. The van der Waals surface area contributed by atoms with E-state index >= 15 is 0 Å². The number of carbonyl (C=O) groups is 2. The second-order valence-electron chi connectivity index (χ2n) is 6.30. The predicted molar refractivity (Wildman–Crippen MR) is 112 cm³/mol. The lowest BCUT2D eigenvalue weighted by Gasteiger charge is -2.32. The van der Waals surface area contributed by atoms with E-state index < -0.39 is 0 Å². The lowest BCUT2D eigenvalue weighted by Crippen LogP contribution is -2.43. The minimum atomic E-state index is -0.282. The summed E-state index contributed by atoms with van der Waals surface area (Å²) in [5, 5.41) is 3.59. The first-order chi connectivity index (χ1) is 12.5. The molecule has 2 aromatic carbocycles. The number of nitrogens with two attached hydrogens (primary N) is 1. The smallest absolute Gasteiger partial charge is 0.253 e. The van der Waals surface area contributed by atoms with Crippen molar-refractivity contribution in [3.05, 3.63) is 58.1 Å². The van der Waals surface area contributed by atoms with Gasteiger partial charge in [-0.1, -0.05) is 35.3 Å². The van der Waals surface area contributed by atoms with Crippen molar-refractivity contribution in [2.75, 3.05) is 24.1 Å². The van der Waals surface area contributed by atoms with E-state index in [0.717, 1.165) is 12.8 Å². The van der Waals surface area contributed by atoms with Crippen LogP contribution in [0.1, 0.15) is 23.2 Å². The summed E-state index contributed by atoms with van der Waals surface area (Å²) < 4.78 is 0. The molecule has 1 unspecified atom stereocenters. The monoisotopic (exact) mass is 427 g/mol. The number of amides is 2. The van der Waals surface area contributed by atoms with Gasteiger partial charge in [-0.25, -0.2) is 0 Å². The van der Waals surface area contributed by atoms with Gasteiger partial charge in [-0.2, -0.15) is 0 Å². The number of piperidine rings is 1. The van der Waals surface area contributed by atoms with Crippen molar-refractivity contribution in [2.45, 2.75) is 12.8 Å². The number of hydrogen-bond acceptors (Lipinski definition) is 3. The first-order valence-electron chi connectivity index (χ1n) is 8.35. The third kappa shape index (κ3) is 5.06. The molecule has 0 bridgehead atoms. The SMILES string of the molecule is Cl.Nc1ccccc1NC(=O)C1CCCN(C(=O)c2ccc(Cl)c(Cl)c2)C1. The van der Waals surface area contributed by atoms with Crippen LogP contribution in [-0.4, -0.2) is 29.8 Å². The molecule has 1 fully saturated rings. The number of carbonyl (C=O) groups excluding carboxylic acids is 2. The molecule has 8 heteroatoms. The third-order valence-electron chi connectivity index (χ3n) is 4.46. The molecule has 0 radical (unpaired) electrons. The van der Waals surface area contributed by atoms with Gasteiger partial charge in [0.05, 0.1) is 27.3 Å². The molecule has 27 heavy (non-hydrogen) atoms. The predicted octanol–water partition coefficient (Wildman–Crippen LogP) is 4.49. The maximum atomic E-state index is 12.7. The molecule has 2 aromatic rings. The van der Waals surface area contributed by atoms with Crippen LogP contribution in [0.2, 0.25) is 10.0 Å². The number of nitrogens with zero attached hydrogens (tertiary/aromatic N) is 1. The zero-order valence-electron chi connectivity index (χ0n) is 14.5. The van der Waals surface area contributed by atoms with Gasteiger partial charge in [0.1, 0.15) is 0 Å². The molecular weight excluding hydrogens is 409 g/mol. The number of likely N-dealkylation sites (tertiary alicyclic amines) is 1. The summed E-state index contributed by atoms with van der Waals surface area (Å²) in [5.41, 5.74) is 7.44. The van der Waals surface area contributed by atoms with E-state index in [1.165, 1.54) is 0 Å². The van der Waals surface area contributed by atoms with Crippen LogP contribution in [0.15, 0.2) is 42.5 Å². The minimum absolute atomic E-state index is 0. The van der Waals surface area contributed by atoms with E-state index in [1.807, 2.05) is 12.1 Å². The molecule has 5 nitrogen and oxygen atoms in total. The van der Waals surface area contributed by atoms with Gasteiger partial charge in [-0.3, -0.25) is 9.59 Å². The minimum Gasteiger partial charge on any atom is -0.397 e. The topological polar surface area (TPSA) is 75.4 Å². The zero-order valence-corrected chi connectivity index (χ0v) is 16.8. The number of rotatable bonds is 3. The number of hydrogen-bond donors (Lipinski definition) is 2. The van der Waals surface area contributed by atoms with Gasteiger partial charge in [0, 0.05) is 18.7 Å². The normalized spacial score (nSPS) is 16.4. The Balaban J connectivity index is 0.00000261. The lowest BCUT2D eigenvalue weighted by molar-refractivity contribution is -0.121. The third-order valence-corrected chi connectivity index (χ3v) is 5.20. The maximum absolute atomic E-state index is 12.7. The van der Waals surface area contributed by atoms with Crippen molar-refractivity contribution in [1.82, 2.24) is 4.90 Å². The average molecular weight is 429 g/mol. The molecule has 1 saturated heterocycles. The van der Waals surface area contributed by atoms with Crippen LogP contribution in [0.4, 0.5) is 11.4 Å². The fraction of sp³-hybridized carbons (Fsp3) is 0.263. The van der Waals surface area contributed by atoms with Gasteiger partial charge in [0.25, 0.3) is 5.91 Å². The van der Waals surface area contributed by atoms with Crippen molar-refractivity contribution in [3.63, 3.8) is 0 Å². The molecule has 1 aliphatic rings. The van der Waals surface area contributed by atoms with Crippen LogP contribution in [-0.2, 0) is 4.79 Å². The van der Waals surface area contributed by atoms with Crippen LogP contribution in [0.25, 0.3) is 0 Å². The van der Waals surface area contributed by atoms with Crippen molar-refractivity contribution >= 4 is 58.8 Å². The number of benzene rings is 2. The quantitative estimate of drug-likeness (QED) is 0.707. The maximum Gasteiger partial charge on any atom is 0.253 e. The molecular formula is C19H20Cl3N3O2. The summed E-state index contributed by atoms with van der Waals surface area (Å²) in [6.45, 7) is 0.966. The Morgan fingerprint density at radius 1 is 1.11 bits per heavy atom. The van der Waals surface area contributed by atoms with Crippen LogP contribution in [0.3, 0.4) is 0 Å². The molecule has 0 saturated carbocycles. The molecule has 3 rings (SSSR count). The summed E-state index contributed by atoms with van der Waals surface area (Å²) in [6.07, 6.45) is 1.49. The molecule has 0 aromatic heterocycles. The van der Waals surface area contributed by atoms with Crippen molar-refractivity contribution in [3.8, 4) is 0 Å². The summed E-state index contributed by atoms with van der Waals surface area (Å²) >= 11 is 11.9. The largest absolute Gasteiger partial charge is 0.397 e. The number of para-hydroxylation sites is 2. The van der Waals surface area contributed by atoms with Gasteiger partial charge in [0.2, 0.25) is 5.91 Å². The molecule has 144 valence electrons.